The topological polar surface area (TPSA) is 37.4 Å². The van der Waals surface area contributed by atoms with Crippen LogP contribution in [0.15, 0.2) is 48.5 Å². The number of carbonyl (C=O) groups excluding carboxylic acids is 2. The van der Waals surface area contributed by atoms with Crippen LogP contribution in [0, 0.1) is 6.92 Å². The van der Waals surface area contributed by atoms with Crippen molar-refractivity contribution in [2.75, 3.05) is 6.54 Å². The van der Waals surface area contributed by atoms with E-state index in [0.29, 0.717) is 17.7 Å². The lowest BCUT2D eigenvalue weighted by atomic mass is 10.1. The molecule has 1 aliphatic heterocycles. The van der Waals surface area contributed by atoms with Gasteiger partial charge in [0.05, 0.1) is 11.1 Å². The first-order valence-electron chi connectivity index (χ1n) is 7.17. The van der Waals surface area contributed by atoms with E-state index < -0.39 is 0 Å². The highest BCUT2D eigenvalue weighted by atomic mass is 16.2. The molecule has 2 aromatic carbocycles. The third kappa shape index (κ3) is 2.59. The maximum atomic E-state index is 12.3. The van der Waals surface area contributed by atoms with Gasteiger partial charge in [-0.3, -0.25) is 14.5 Å². The molecule has 0 N–H and O–H groups in total. The fourth-order valence-corrected chi connectivity index (χ4v) is 2.69. The second kappa shape index (κ2) is 5.52. The van der Waals surface area contributed by atoms with Gasteiger partial charge < -0.3 is 0 Å². The summed E-state index contributed by atoms with van der Waals surface area (Å²) in [5.74, 6) is -0.324. The van der Waals surface area contributed by atoms with E-state index >= 15 is 0 Å². The highest BCUT2D eigenvalue weighted by Gasteiger charge is 2.34. The number of aryl methyl sites for hydroxylation is 2. The van der Waals surface area contributed by atoms with E-state index in [9.17, 15) is 9.59 Å². The minimum Gasteiger partial charge on any atom is -0.274 e. The zero-order valence-corrected chi connectivity index (χ0v) is 12.0. The number of benzene rings is 2. The summed E-state index contributed by atoms with van der Waals surface area (Å²) in [5, 5.41) is 0. The van der Waals surface area contributed by atoms with Gasteiger partial charge in [0.25, 0.3) is 11.8 Å². The monoisotopic (exact) mass is 279 g/mol. The predicted molar refractivity (Wildman–Crippen MR) is 81.3 cm³/mol. The number of hydrogen-bond donors (Lipinski definition) is 0. The molecule has 3 nitrogen and oxygen atoms in total. The molecule has 3 heteroatoms. The van der Waals surface area contributed by atoms with Crippen molar-refractivity contribution in [3.05, 3.63) is 70.8 Å². The van der Waals surface area contributed by atoms with E-state index in [0.717, 1.165) is 18.4 Å². The van der Waals surface area contributed by atoms with Crippen LogP contribution in [0.1, 0.15) is 38.3 Å². The fourth-order valence-electron chi connectivity index (χ4n) is 2.69. The number of hydrogen-bond acceptors (Lipinski definition) is 2. The van der Waals surface area contributed by atoms with Gasteiger partial charge in [-0.1, -0.05) is 42.0 Å². The molecule has 1 aliphatic rings. The SMILES string of the molecule is Cc1ccc2c(c1)C(=O)N(CCCc1ccccc1)C2=O. The van der Waals surface area contributed by atoms with Crippen LogP contribution in [0.2, 0.25) is 0 Å². The van der Waals surface area contributed by atoms with Crippen LogP contribution in [0.4, 0.5) is 0 Å². The van der Waals surface area contributed by atoms with Crippen molar-refractivity contribution in [1.82, 2.24) is 4.90 Å². The molecule has 0 fully saturated rings. The Kier molecular flexibility index (Phi) is 3.57. The Bertz CT molecular complexity index is 692. The number of rotatable bonds is 4. The molecule has 0 radical (unpaired) electrons. The minimum absolute atomic E-state index is 0.160. The second-order valence-corrected chi connectivity index (χ2v) is 5.40. The summed E-state index contributed by atoms with van der Waals surface area (Å²) in [7, 11) is 0. The minimum atomic E-state index is -0.164. The molecule has 2 amide bonds. The van der Waals surface area contributed by atoms with Crippen molar-refractivity contribution in [2.24, 2.45) is 0 Å². The standard InChI is InChI=1S/C18H17NO2/c1-13-9-10-15-16(12-13)18(21)19(17(15)20)11-5-8-14-6-3-2-4-7-14/h2-4,6-7,9-10,12H,5,8,11H2,1H3. The molecular formula is C18H17NO2. The van der Waals surface area contributed by atoms with Crippen LogP contribution in [0.25, 0.3) is 0 Å². The first kappa shape index (κ1) is 13.6. The smallest absolute Gasteiger partial charge is 0.261 e. The quantitative estimate of drug-likeness (QED) is 0.806. The molecule has 0 atom stereocenters. The number of carbonyl (C=O) groups is 2. The predicted octanol–water partition coefficient (Wildman–Crippen LogP) is 3.22. The highest BCUT2D eigenvalue weighted by Crippen LogP contribution is 2.24. The summed E-state index contributed by atoms with van der Waals surface area (Å²) in [6, 6.07) is 15.5. The normalized spacial score (nSPS) is 13.7. The zero-order valence-electron chi connectivity index (χ0n) is 12.0. The van der Waals surface area contributed by atoms with E-state index in [2.05, 4.69) is 12.1 Å². The highest BCUT2D eigenvalue weighted by molar-refractivity contribution is 6.21. The van der Waals surface area contributed by atoms with Crippen LogP contribution in [-0.2, 0) is 6.42 Å². The summed E-state index contributed by atoms with van der Waals surface area (Å²) in [6.07, 6.45) is 1.65. The van der Waals surface area contributed by atoms with E-state index in [1.165, 1.54) is 10.5 Å². The van der Waals surface area contributed by atoms with Crippen molar-refractivity contribution >= 4 is 11.8 Å². The Morgan fingerprint density at radius 2 is 1.62 bits per heavy atom. The molecule has 0 unspecified atom stereocenters. The summed E-state index contributed by atoms with van der Waals surface area (Å²) in [5.41, 5.74) is 3.30. The fraction of sp³-hybridized carbons (Fsp3) is 0.222. The number of imide groups is 1. The lowest BCUT2D eigenvalue weighted by molar-refractivity contribution is 0.0652. The molecule has 3 rings (SSSR count). The Labute approximate surface area is 124 Å². The molecule has 21 heavy (non-hydrogen) atoms. The maximum absolute atomic E-state index is 12.3. The summed E-state index contributed by atoms with van der Waals surface area (Å²) in [6.45, 7) is 2.40. The van der Waals surface area contributed by atoms with Gasteiger partial charge in [0, 0.05) is 6.54 Å². The maximum Gasteiger partial charge on any atom is 0.261 e. The van der Waals surface area contributed by atoms with E-state index in [1.54, 1.807) is 12.1 Å². The Hall–Kier alpha value is -2.42. The number of nitrogens with zero attached hydrogens (tertiary/aromatic N) is 1. The van der Waals surface area contributed by atoms with E-state index in [-0.39, 0.29) is 11.8 Å². The molecule has 0 aliphatic carbocycles. The average Bonchev–Trinajstić information content (AvgIpc) is 2.73. The Morgan fingerprint density at radius 1 is 0.905 bits per heavy atom. The summed E-state index contributed by atoms with van der Waals surface area (Å²) < 4.78 is 0. The van der Waals surface area contributed by atoms with Crippen molar-refractivity contribution in [3.63, 3.8) is 0 Å². The van der Waals surface area contributed by atoms with Gasteiger partial charge in [0.1, 0.15) is 0 Å². The summed E-state index contributed by atoms with van der Waals surface area (Å²) >= 11 is 0. The van der Waals surface area contributed by atoms with Gasteiger partial charge in [-0.25, -0.2) is 0 Å². The van der Waals surface area contributed by atoms with Crippen LogP contribution >= 0.6 is 0 Å². The van der Waals surface area contributed by atoms with Crippen molar-refractivity contribution in [1.29, 1.82) is 0 Å². The molecule has 0 saturated carbocycles. The zero-order chi connectivity index (χ0) is 14.8. The molecule has 1 heterocycles. The van der Waals surface area contributed by atoms with Crippen LogP contribution in [-0.4, -0.2) is 23.3 Å². The molecule has 106 valence electrons. The van der Waals surface area contributed by atoms with Crippen molar-refractivity contribution < 1.29 is 9.59 Å². The molecule has 0 aromatic heterocycles. The number of amides is 2. The first-order chi connectivity index (χ1) is 10.2. The molecule has 0 saturated heterocycles. The Balaban J connectivity index is 1.68. The Morgan fingerprint density at radius 3 is 2.38 bits per heavy atom. The molecular weight excluding hydrogens is 262 g/mol. The van der Waals surface area contributed by atoms with Crippen LogP contribution in [0.5, 0.6) is 0 Å². The number of fused-ring (bicyclic) bond motifs is 1. The van der Waals surface area contributed by atoms with Gasteiger partial charge in [0.2, 0.25) is 0 Å². The second-order valence-electron chi connectivity index (χ2n) is 5.40. The lowest BCUT2D eigenvalue weighted by Gasteiger charge is -2.13. The van der Waals surface area contributed by atoms with Crippen molar-refractivity contribution in [2.45, 2.75) is 19.8 Å². The van der Waals surface area contributed by atoms with Gasteiger partial charge in [-0.05, 0) is 37.5 Å². The summed E-state index contributed by atoms with van der Waals surface area (Å²) in [4.78, 5) is 25.9. The van der Waals surface area contributed by atoms with E-state index in [4.69, 9.17) is 0 Å². The van der Waals surface area contributed by atoms with Gasteiger partial charge in [-0.2, -0.15) is 0 Å². The van der Waals surface area contributed by atoms with Gasteiger partial charge >= 0.3 is 0 Å². The van der Waals surface area contributed by atoms with Crippen LogP contribution in [0.3, 0.4) is 0 Å². The molecule has 0 bridgehead atoms. The first-order valence-corrected chi connectivity index (χ1v) is 7.17. The average molecular weight is 279 g/mol. The third-order valence-electron chi connectivity index (χ3n) is 3.82. The lowest BCUT2D eigenvalue weighted by Crippen LogP contribution is -2.30. The van der Waals surface area contributed by atoms with Gasteiger partial charge in [-0.15, -0.1) is 0 Å². The van der Waals surface area contributed by atoms with E-state index in [1.807, 2.05) is 31.2 Å². The van der Waals surface area contributed by atoms with Gasteiger partial charge in [0.15, 0.2) is 0 Å². The largest absolute Gasteiger partial charge is 0.274 e. The third-order valence-corrected chi connectivity index (χ3v) is 3.82. The molecule has 2 aromatic rings. The molecule has 0 spiro atoms. The van der Waals surface area contributed by atoms with Crippen molar-refractivity contribution in [3.8, 4) is 0 Å². The van der Waals surface area contributed by atoms with Crippen LogP contribution < -0.4 is 0 Å².